The Kier molecular flexibility index (Phi) is 5.51. The van der Waals surface area contributed by atoms with Crippen LogP contribution in [0, 0.1) is 0 Å². The van der Waals surface area contributed by atoms with Crippen LogP contribution in [0.2, 0.25) is 0 Å². The number of benzene rings is 1. The summed E-state index contributed by atoms with van der Waals surface area (Å²) in [5, 5.41) is 0. The maximum atomic E-state index is 12.4. The molecule has 1 fully saturated rings. The quantitative estimate of drug-likeness (QED) is 0.852. The standard InChI is InChI=1S/C16H20F3NO3/c1-11-8-22-9-12(2)20(11)15(21)7-13-3-5-14(6-4-13)23-10-16(17,18)19/h3-6,11-12H,7-10H2,1-2H3/t11-,12-/m0/s1. The van der Waals surface area contributed by atoms with E-state index in [0.29, 0.717) is 13.2 Å². The minimum atomic E-state index is -4.36. The van der Waals surface area contributed by atoms with Crippen LogP contribution in [0.4, 0.5) is 13.2 Å². The Morgan fingerprint density at radius 3 is 2.30 bits per heavy atom. The molecule has 1 aromatic carbocycles. The molecule has 0 radical (unpaired) electrons. The highest BCUT2D eigenvalue weighted by molar-refractivity contribution is 5.79. The van der Waals surface area contributed by atoms with Crippen LogP contribution in [-0.4, -0.2) is 48.9 Å². The lowest BCUT2D eigenvalue weighted by atomic mass is 10.1. The fourth-order valence-corrected chi connectivity index (χ4v) is 2.63. The summed E-state index contributed by atoms with van der Waals surface area (Å²) in [5.41, 5.74) is 0.736. The molecule has 0 bridgehead atoms. The van der Waals surface area contributed by atoms with Crippen molar-refractivity contribution < 1.29 is 27.4 Å². The van der Waals surface area contributed by atoms with E-state index >= 15 is 0 Å². The molecule has 2 rings (SSSR count). The Labute approximate surface area is 133 Å². The fraction of sp³-hybridized carbons (Fsp3) is 0.562. The van der Waals surface area contributed by atoms with Gasteiger partial charge in [0.1, 0.15) is 5.75 Å². The number of carbonyl (C=O) groups excluding carboxylic acids is 1. The molecule has 0 spiro atoms. The average Bonchev–Trinajstić information content (AvgIpc) is 2.45. The predicted octanol–water partition coefficient (Wildman–Crippen LogP) is 2.81. The predicted molar refractivity (Wildman–Crippen MR) is 78.3 cm³/mol. The molecule has 1 aliphatic heterocycles. The van der Waals surface area contributed by atoms with Gasteiger partial charge >= 0.3 is 6.18 Å². The first-order valence-electron chi connectivity index (χ1n) is 7.43. The average molecular weight is 331 g/mol. The molecule has 0 saturated carbocycles. The molecule has 0 N–H and O–H groups in total. The summed E-state index contributed by atoms with van der Waals surface area (Å²) in [4.78, 5) is 14.2. The number of morpholine rings is 1. The molecule has 0 aromatic heterocycles. The van der Waals surface area contributed by atoms with Gasteiger partial charge in [-0.1, -0.05) is 12.1 Å². The number of halogens is 3. The maximum Gasteiger partial charge on any atom is 0.422 e. The van der Waals surface area contributed by atoms with E-state index in [1.54, 1.807) is 17.0 Å². The van der Waals surface area contributed by atoms with Crippen LogP contribution in [-0.2, 0) is 16.0 Å². The smallest absolute Gasteiger partial charge is 0.422 e. The zero-order valence-electron chi connectivity index (χ0n) is 13.1. The lowest BCUT2D eigenvalue weighted by Gasteiger charge is -2.38. The zero-order chi connectivity index (χ0) is 17.0. The SMILES string of the molecule is C[C@H]1COC[C@H](C)N1C(=O)Cc1ccc(OCC(F)(F)F)cc1. The Balaban J connectivity index is 1.93. The molecule has 1 heterocycles. The van der Waals surface area contributed by atoms with Crippen LogP contribution in [0.1, 0.15) is 19.4 Å². The minimum Gasteiger partial charge on any atom is -0.484 e. The van der Waals surface area contributed by atoms with Crippen LogP contribution in [0.15, 0.2) is 24.3 Å². The first kappa shape index (κ1) is 17.6. The van der Waals surface area contributed by atoms with E-state index in [-0.39, 0.29) is 30.2 Å². The molecule has 1 saturated heterocycles. The number of hydrogen-bond acceptors (Lipinski definition) is 3. The highest BCUT2D eigenvalue weighted by Gasteiger charge is 2.30. The van der Waals surface area contributed by atoms with Gasteiger partial charge in [-0.3, -0.25) is 4.79 Å². The molecule has 0 unspecified atom stereocenters. The Bertz CT molecular complexity index is 520. The number of rotatable bonds is 4. The van der Waals surface area contributed by atoms with Crippen LogP contribution in [0.25, 0.3) is 0 Å². The molecule has 23 heavy (non-hydrogen) atoms. The lowest BCUT2D eigenvalue weighted by molar-refractivity contribution is -0.153. The molecule has 1 aliphatic rings. The second kappa shape index (κ2) is 7.21. The van der Waals surface area contributed by atoms with Crippen molar-refractivity contribution in [2.75, 3.05) is 19.8 Å². The van der Waals surface area contributed by atoms with Crippen LogP contribution >= 0.6 is 0 Å². The van der Waals surface area contributed by atoms with Gasteiger partial charge in [-0.05, 0) is 31.5 Å². The molecular weight excluding hydrogens is 311 g/mol. The highest BCUT2D eigenvalue weighted by Crippen LogP contribution is 2.20. The summed E-state index contributed by atoms with van der Waals surface area (Å²) < 4.78 is 46.3. The summed E-state index contributed by atoms with van der Waals surface area (Å²) in [6.07, 6.45) is -4.16. The van der Waals surface area contributed by atoms with E-state index < -0.39 is 12.8 Å². The summed E-state index contributed by atoms with van der Waals surface area (Å²) in [6.45, 7) is 3.57. The minimum absolute atomic E-state index is 0.0145. The van der Waals surface area contributed by atoms with Gasteiger partial charge < -0.3 is 14.4 Å². The summed E-state index contributed by atoms with van der Waals surface area (Å²) >= 11 is 0. The number of amides is 1. The highest BCUT2D eigenvalue weighted by atomic mass is 19.4. The van der Waals surface area contributed by atoms with Crippen molar-refractivity contribution in [3.05, 3.63) is 29.8 Å². The normalized spacial score (nSPS) is 22.0. The number of alkyl halides is 3. The van der Waals surface area contributed by atoms with E-state index in [2.05, 4.69) is 4.74 Å². The van der Waals surface area contributed by atoms with Crippen molar-refractivity contribution in [1.29, 1.82) is 0 Å². The summed E-state index contributed by atoms with van der Waals surface area (Å²) in [7, 11) is 0. The lowest BCUT2D eigenvalue weighted by Crippen LogP contribution is -2.53. The van der Waals surface area contributed by atoms with Gasteiger partial charge in [0.15, 0.2) is 6.61 Å². The first-order valence-corrected chi connectivity index (χ1v) is 7.43. The van der Waals surface area contributed by atoms with Crippen LogP contribution in [0.5, 0.6) is 5.75 Å². The molecule has 4 nitrogen and oxygen atoms in total. The monoisotopic (exact) mass is 331 g/mol. The summed E-state index contributed by atoms with van der Waals surface area (Å²) in [5.74, 6) is 0.115. The number of nitrogens with zero attached hydrogens (tertiary/aromatic N) is 1. The van der Waals surface area contributed by atoms with Crippen molar-refractivity contribution in [2.45, 2.75) is 38.5 Å². The van der Waals surface area contributed by atoms with Crippen LogP contribution in [0.3, 0.4) is 0 Å². The number of carbonyl (C=O) groups is 1. The van der Waals surface area contributed by atoms with E-state index in [4.69, 9.17) is 4.74 Å². The van der Waals surface area contributed by atoms with E-state index in [0.717, 1.165) is 5.56 Å². The van der Waals surface area contributed by atoms with E-state index in [9.17, 15) is 18.0 Å². The first-order chi connectivity index (χ1) is 10.8. The second-order valence-electron chi connectivity index (χ2n) is 5.76. The molecular formula is C16H20F3NO3. The molecule has 128 valence electrons. The second-order valence-corrected chi connectivity index (χ2v) is 5.76. The Morgan fingerprint density at radius 2 is 1.78 bits per heavy atom. The van der Waals surface area contributed by atoms with Crippen molar-refractivity contribution in [2.24, 2.45) is 0 Å². The third-order valence-corrected chi connectivity index (χ3v) is 3.64. The Hall–Kier alpha value is -1.76. The van der Waals surface area contributed by atoms with Gasteiger partial charge in [0.05, 0.1) is 31.7 Å². The molecule has 1 amide bonds. The fourth-order valence-electron chi connectivity index (χ4n) is 2.63. The molecule has 1 aromatic rings. The van der Waals surface area contributed by atoms with Crippen molar-refractivity contribution in [1.82, 2.24) is 4.90 Å². The van der Waals surface area contributed by atoms with Gasteiger partial charge in [0.25, 0.3) is 0 Å². The van der Waals surface area contributed by atoms with Gasteiger partial charge in [-0.25, -0.2) is 0 Å². The largest absolute Gasteiger partial charge is 0.484 e. The van der Waals surface area contributed by atoms with Crippen LogP contribution < -0.4 is 4.74 Å². The zero-order valence-corrected chi connectivity index (χ0v) is 13.1. The van der Waals surface area contributed by atoms with E-state index in [1.807, 2.05) is 13.8 Å². The Morgan fingerprint density at radius 1 is 1.22 bits per heavy atom. The van der Waals surface area contributed by atoms with Gasteiger partial charge in [0, 0.05) is 0 Å². The van der Waals surface area contributed by atoms with Crippen molar-refractivity contribution in [3.63, 3.8) is 0 Å². The summed E-state index contributed by atoms with van der Waals surface area (Å²) in [6, 6.07) is 6.14. The van der Waals surface area contributed by atoms with Gasteiger partial charge in [-0.15, -0.1) is 0 Å². The molecule has 2 atom stereocenters. The van der Waals surface area contributed by atoms with Gasteiger partial charge in [0.2, 0.25) is 5.91 Å². The topological polar surface area (TPSA) is 38.8 Å². The third-order valence-electron chi connectivity index (χ3n) is 3.64. The van der Waals surface area contributed by atoms with E-state index in [1.165, 1.54) is 12.1 Å². The maximum absolute atomic E-state index is 12.4. The number of ether oxygens (including phenoxy) is 2. The molecule has 7 heteroatoms. The van der Waals surface area contributed by atoms with Gasteiger partial charge in [-0.2, -0.15) is 13.2 Å². The van der Waals surface area contributed by atoms with Crippen molar-refractivity contribution >= 4 is 5.91 Å². The third kappa shape index (κ3) is 5.13. The number of hydrogen-bond donors (Lipinski definition) is 0. The van der Waals surface area contributed by atoms with Crippen molar-refractivity contribution in [3.8, 4) is 5.75 Å². The molecule has 0 aliphatic carbocycles.